The van der Waals surface area contributed by atoms with Crippen molar-refractivity contribution in [2.75, 3.05) is 57.3 Å². The van der Waals surface area contributed by atoms with E-state index in [1.807, 2.05) is 48.8 Å². The van der Waals surface area contributed by atoms with Gasteiger partial charge in [0, 0.05) is 77.0 Å². The molecule has 0 aliphatic carbocycles. The fraction of sp³-hybridized carbons (Fsp3) is 0.500. The fourth-order valence-electron chi connectivity index (χ4n) is 4.71. The smallest absolute Gasteiger partial charge is 0.309 e. The fourth-order valence-corrected chi connectivity index (χ4v) is 4.71. The number of nitrogens with zero attached hydrogens (tertiary/aromatic N) is 4. The molecule has 0 radical (unpaired) electrons. The van der Waals surface area contributed by atoms with E-state index in [2.05, 4.69) is 30.3 Å². The molecule has 1 atom stereocenters. The normalized spacial score (nSPS) is 19.0. The zero-order valence-electron chi connectivity index (χ0n) is 20.2. The number of aliphatic hydroxyl groups is 1. The number of carbonyl (C=O) groups is 2. The number of anilines is 1. The summed E-state index contributed by atoms with van der Waals surface area (Å²) >= 11 is 0. The minimum Gasteiger partial charge on any atom is -0.392 e. The van der Waals surface area contributed by atoms with E-state index in [1.54, 1.807) is 0 Å². The van der Waals surface area contributed by atoms with Crippen molar-refractivity contribution in [3.63, 3.8) is 0 Å². The highest BCUT2D eigenvalue weighted by molar-refractivity contribution is 6.35. The Morgan fingerprint density at radius 1 is 0.914 bits per heavy atom. The van der Waals surface area contributed by atoms with Crippen LogP contribution >= 0.6 is 0 Å². The molecule has 0 saturated carbocycles. The topological polar surface area (TPSA) is 101 Å². The summed E-state index contributed by atoms with van der Waals surface area (Å²) in [6.45, 7) is 7.84. The van der Waals surface area contributed by atoms with Crippen molar-refractivity contribution in [1.82, 2.24) is 25.4 Å². The van der Waals surface area contributed by atoms with Crippen molar-refractivity contribution in [2.45, 2.75) is 32.0 Å². The van der Waals surface area contributed by atoms with E-state index < -0.39 is 11.8 Å². The molecule has 1 aromatic heterocycles. The molecule has 2 aliphatic rings. The number of piperazine rings is 1. The Labute approximate surface area is 207 Å². The van der Waals surface area contributed by atoms with Gasteiger partial charge in [0.25, 0.3) is 0 Å². The maximum Gasteiger partial charge on any atom is 0.309 e. The molecular weight excluding hydrogens is 444 g/mol. The number of carbonyl (C=O) groups excluding carboxylic acids is 2. The van der Waals surface area contributed by atoms with Gasteiger partial charge in [-0.2, -0.15) is 0 Å². The number of β-amino-alcohol motifs (C(OH)–C–C–N with tert-alkyl or cyclic N) is 1. The summed E-state index contributed by atoms with van der Waals surface area (Å²) in [7, 11) is 0. The Balaban J connectivity index is 1.12. The molecule has 3 N–H and O–H groups in total. The summed E-state index contributed by atoms with van der Waals surface area (Å²) in [5.41, 5.74) is 3.29. The molecule has 2 saturated heterocycles. The summed E-state index contributed by atoms with van der Waals surface area (Å²) in [6, 6.07) is 12.0. The van der Waals surface area contributed by atoms with E-state index in [0.29, 0.717) is 19.6 Å². The highest BCUT2D eigenvalue weighted by Crippen LogP contribution is 2.17. The summed E-state index contributed by atoms with van der Waals surface area (Å²) in [4.78, 5) is 35.6. The van der Waals surface area contributed by atoms with Gasteiger partial charge < -0.3 is 20.6 Å². The summed E-state index contributed by atoms with van der Waals surface area (Å²) < 4.78 is 0. The number of hydrogen-bond donors (Lipinski definition) is 3. The van der Waals surface area contributed by atoms with E-state index in [9.17, 15) is 14.7 Å². The van der Waals surface area contributed by atoms with Crippen LogP contribution in [0.25, 0.3) is 0 Å². The number of rotatable bonds is 9. The second-order valence-electron chi connectivity index (χ2n) is 9.27. The van der Waals surface area contributed by atoms with Crippen LogP contribution in [0, 0.1) is 0 Å². The lowest BCUT2D eigenvalue weighted by Gasteiger charge is -2.36. The predicted octanol–water partition coefficient (Wildman–Crippen LogP) is 0.593. The number of aliphatic hydroxyl groups excluding tert-OH is 1. The summed E-state index contributed by atoms with van der Waals surface area (Å²) in [6.07, 6.45) is 4.97. The Kier molecular flexibility index (Phi) is 9.05. The van der Waals surface area contributed by atoms with E-state index in [0.717, 1.165) is 69.8 Å². The summed E-state index contributed by atoms with van der Waals surface area (Å²) in [5, 5.41) is 15.2. The van der Waals surface area contributed by atoms with Crippen LogP contribution in [-0.4, -0.2) is 90.2 Å². The molecule has 1 aromatic carbocycles. The maximum absolute atomic E-state index is 12.3. The standard InChI is InChI=1S/C26H36N6O3/c33-24-8-13-31(20-24)19-22-5-2-1-4-21(22)18-29-26(35)25(34)28-9-3-12-30-14-16-32(17-15-30)23-6-10-27-11-7-23/h1-2,4-7,10-11,24,33H,3,8-9,12-20H2,(H,28,34)(H,29,35). The molecule has 35 heavy (non-hydrogen) atoms. The van der Waals surface area contributed by atoms with Crippen LogP contribution in [0.3, 0.4) is 0 Å². The van der Waals surface area contributed by atoms with Gasteiger partial charge in [-0.15, -0.1) is 0 Å². The molecule has 0 spiro atoms. The average molecular weight is 481 g/mol. The second kappa shape index (κ2) is 12.6. The highest BCUT2D eigenvalue weighted by atomic mass is 16.3. The first-order valence-corrected chi connectivity index (χ1v) is 12.5. The number of nitrogens with one attached hydrogen (secondary N) is 2. The molecule has 4 rings (SSSR count). The number of amides is 2. The van der Waals surface area contributed by atoms with Gasteiger partial charge in [-0.1, -0.05) is 24.3 Å². The Hall–Kier alpha value is -3.01. The lowest BCUT2D eigenvalue weighted by atomic mass is 10.1. The van der Waals surface area contributed by atoms with Gasteiger partial charge in [-0.25, -0.2) is 0 Å². The molecule has 9 nitrogen and oxygen atoms in total. The van der Waals surface area contributed by atoms with Gasteiger partial charge in [-0.05, 0) is 42.6 Å². The Morgan fingerprint density at radius 2 is 1.63 bits per heavy atom. The van der Waals surface area contributed by atoms with Gasteiger partial charge in [0.1, 0.15) is 0 Å². The quantitative estimate of drug-likeness (QED) is 0.357. The highest BCUT2D eigenvalue weighted by Gasteiger charge is 2.21. The summed E-state index contributed by atoms with van der Waals surface area (Å²) in [5.74, 6) is -1.20. The third-order valence-corrected chi connectivity index (χ3v) is 6.74. The third-order valence-electron chi connectivity index (χ3n) is 6.74. The number of pyridine rings is 1. The van der Waals surface area contributed by atoms with Crippen LogP contribution in [0.2, 0.25) is 0 Å². The number of likely N-dealkylation sites (tertiary alicyclic amines) is 1. The van der Waals surface area contributed by atoms with Crippen LogP contribution in [-0.2, 0) is 22.7 Å². The first kappa shape index (κ1) is 25.1. The van der Waals surface area contributed by atoms with E-state index in [-0.39, 0.29) is 6.10 Å². The largest absolute Gasteiger partial charge is 0.392 e. The second-order valence-corrected chi connectivity index (χ2v) is 9.27. The zero-order chi connectivity index (χ0) is 24.5. The van der Waals surface area contributed by atoms with Crippen molar-refractivity contribution in [3.05, 3.63) is 59.9 Å². The first-order chi connectivity index (χ1) is 17.1. The molecule has 1 unspecified atom stereocenters. The van der Waals surface area contributed by atoms with Crippen LogP contribution < -0.4 is 15.5 Å². The molecular formula is C26H36N6O3. The Morgan fingerprint density at radius 3 is 2.34 bits per heavy atom. The van der Waals surface area contributed by atoms with Crippen molar-refractivity contribution in [3.8, 4) is 0 Å². The average Bonchev–Trinajstić information content (AvgIpc) is 3.31. The van der Waals surface area contributed by atoms with Crippen LogP contribution in [0.4, 0.5) is 5.69 Å². The molecule has 2 amide bonds. The number of hydrogen-bond acceptors (Lipinski definition) is 7. The van der Waals surface area contributed by atoms with Gasteiger partial charge in [-0.3, -0.25) is 24.4 Å². The molecule has 2 fully saturated rings. The minimum absolute atomic E-state index is 0.262. The van der Waals surface area contributed by atoms with E-state index in [4.69, 9.17) is 0 Å². The van der Waals surface area contributed by atoms with Crippen LogP contribution in [0.15, 0.2) is 48.8 Å². The maximum atomic E-state index is 12.3. The van der Waals surface area contributed by atoms with Crippen molar-refractivity contribution >= 4 is 17.5 Å². The number of aromatic nitrogens is 1. The van der Waals surface area contributed by atoms with Gasteiger partial charge >= 0.3 is 11.8 Å². The number of benzene rings is 1. The predicted molar refractivity (Wildman–Crippen MR) is 135 cm³/mol. The van der Waals surface area contributed by atoms with E-state index in [1.165, 1.54) is 5.69 Å². The van der Waals surface area contributed by atoms with Gasteiger partial charge in [0.05, 0.1) is 6.10 Å². The molecule has 2 aliphatic heterocycles. The molecule has 3 heterocycles. The molecule has 0 bridgehead atoms. The molecule has 188 valence electrons. The first-order valence-electron chi connectivity index (χ1n) is 12.5. The zero-order valence-corrected chi connectivity index (χ0v) is 20.2. The van der Waals surface area contributed by atoms with Crippen LogP contribution in [0.5, 0.6) is 0 Å². The lowest BCUT2D eigenvalue weighted by Crippen LogP contribution is -2.47. The molecule has 2 aromatic rings. The Bertz CT molecular complexity index is 965. The van der Waals surface area contributed by atoms with Gasteiger partial charge in [0.15, 0.2) is 0 Å². The van der Waals surface area contributed by atoms with Crippen molar-refractivity contribution in [2.24, 2.45) is 0 Å². The van der Waals surface area contributed by atoms with E-state index >= 15 is 0 Å². The molecule has 9 heteroatoms. The van der Waals surface area contributed by atoms with Crippen LogP contribution in [0.1, 0.15) is 24.0 Å². The van der Waals surface area contributed by atoms with Crippen molar-refractivity contribution < 1.29 is 14.7 Å². The lowest BCUT2D eigenvalue weighted by molar-refractivity contribution is -0.139. The monoisotopic (exact) mass is 480 g/mol. The third kappa shape index (κ3) is 7.48. The SMILES string of the molecule is O=C(NCCCN1CCN(c2ccncc2)CC1)C(=O)NCc1ccccc1CN1CCC(O)C1. The minimum atomic E-state index is -0.609. The van der Waals surface area contributed by atoms with Gasteiger partial charge in [0.2, 0.25) is 0 Å². The van der Waals surface area contributed by atoms with Crippen molar-refractivity contribution in [1.29, 1.82) is 0 Å².